The second-order valence-corrected chi connectivity index (χ2v) is 6.82. The van der Waals surface area contributed by atoms with Gasteiger partial charge in [0.15, 0.2) is 0 Å². The minimum Gasteiger partial charge on any atom is -0.489 e. The summed E-state index contributed by atoms with van der Waals surface area (Å²) in [4.78, 5) is 10.7. The van der Waals surface area contributed by atoms with Crippen molar-refractivity contribution in [1.29, 1.82) is 0 Å². The minimum absolute atomic E-state index is 0.0862. The van der Waals surface area contributed by atoms with Crippen LogP contribution in [-0.4, -0.2) is 18.6 Å². The number of halogens is 4. The largest absolute Gasteiger partial charge is 0.489 e. The zero-order valence-electron chi connectivity index (χ0n) is 13.5. The quantitative estimate of drug-likeness (QED) is 0.642. The SMILES string of the molecule is O=CCc1ccc2ccc(OC3CCC(C(F)(F)F)CC3)c(Cl)c2c1. The second kappa shape index (κ2) is 7.24. The van der Waals surface area contributed by atoms with Crippen LogP contribution in [0.5, 0.6) is 5.75 Å². The molecule has 0 unspecified atom stereocenters. The van der Waals surface area contributed by atoms with E-state index >= 15 is 0 Å². The molecule has 0 heterocycles. The Morgan fingerprint density at radius 3 is 2.44 bits per heavy atom. The molecule has 0 aliphatic heterocycles. The molecule has 0 atom stereocenters. The van der Waals surface area contributed by atoms with Gasteiger partial charge in [0, 0.05) is 11.8 Å². The van der Waals surface area contributed by atoms with Crippen LogP contribution in [0.1, 0.15) is 31.2 Å². The van der Waals surface area contributed by atoms with Crippen molar-refractivity contribution in [2.24, 2.45) is 5.92 Å². The Bertz CT molecular complexity index is 765. The van der Waals surface area contributed by atoms with Crippen LogP contribution in [0.2, 0.25) is 5.02 Å². The number of hydrogen-bond donors (Lipinski definition) is 0. The summed E-state index contributed by atoms with van der Waals surface area (Å²) < 4.78 is 44.1. The molecule has 25 heavy (non-hydrogen) atoms. The highest BCUT2D eigenvalue weighted by atomic mass is 35.5. The molecule has 0 bridgehead atoms. The van der Waals surface area contributed by atoms with Crippen LogP contribution in [0.3, 0.4) is 0 Å². The number of rotatable bonds is 4. The van der Waals surface area contributed by atoms with Crippen LogP contribution in [-0.2, 0) is 11.2 Å². The highest BCUT2D eigenvalue weighted by Crippen LogP contribution is 2.40. The normalized spacial score (nSPS) is 21.3. The number of benzene rings is 2. The van der Waals surface area contributed by atoms with Gasteiger partial charge in [-0.25, -0.2) is 0 Å². The fourth-order valence-electron chi connectivity index (χ4n) is 3.31. The van der Waals surface area contributed by atoms with E-state index in [4.69, 9.17) is 16.3 Å². The van der Waals surface area contributed by atoms with Crippen molar-refractivity contribution in [3.63, 3.8) is 0 Å². The minimum atomic E-state index is -4.12. The van der Waals surface area contributed by atoms with Crippen molar-refractivity contribution in [2.75, 3.05) is 0 Å². The van der Waals surface area contributed by atoms with Crippen LogP contribution in [0.25, 0.3) is 10.8 Å². The molecule has 1 saturated carbocycles. The maximum Gasteiger partial charge on any atom is 0.391 e. The number of carbonyl (C=O) groups excluding carboxylic acids is 1. The van der Waals surface area contributed by atoms with Crippen LogP contribution < -0.4 is 4.74 Å². The lowest BCUT2D eigenvalue weighted by atomic mass is 9.87. The van der Waals surface area contributed by atoms with Gasteiger partial charge in [0.1, 0.15) is 12.0 Å². The highest BCUT2D eigenvalue weighted by molar-refractivity contribution is 6.37. The van der Waals surface area contributed by atoms with E-state index in [2.05, 4.69) is 0 Å². The van der Waals surface area contributed by atoms with Gasteiger partial charge in [-0.2, -0.15) is 13.2 Å². The Morgan fingerprint density at radius 2 is 1.80 bits per heavy atom. The van der Waals surface area contributed by atoms with Crippen molar-refractivity contribution in [3.8, 4) is 5.75 Å². The smallest absolute Gasteiger partial charge is 0.391 e. The first-order chi connectivity index (χ1) is 11.9. The van der Waals surface area contributed by atoms with Crippen LogP contribution in [0.4, 0.5) is 13.2 Å². The van der Waals surface area contributed by atoms with Gasteiger partial charge in [-0.3, -0.25) is 0 Å². The zero-order valence-corrected chi connectivity index (χ0v) is 14.2. The van der Waals surface area contributed by atoms with Crippen molar-refractivity contribution in [3.05, 3.63) is 40.9 Å². The summed E-state index contributed by atoms with van der Waals surface area (Å²) in [6.07, 6.45) is -2.35. The van der Waals surface area contributed by atoms with Crippen molar-refractivity contribution >= 4 is 28.7 Å². The van der Waals surface area contributed by atoms with E-state index in [-0.39, 0.29) is 18.9 Å². The lowest BCUT2D eigenvalue weighted by Crippen LogP contribution is -2.31. The van der Waals surface area contributed by atoms with Gasteiger partial charge in [0.05, 0.1) is 17.0 Å². The molecular formula is C19H18ClF3O2. The van der Waals surface area contributed by atoms with E-state index in [0.29, 0.717) is 30.0 Å². The molecule has 2 aromatic carbocycles. The van der Waals surface area contributed by atoms with E-state index in [1.165, 1.54) is 0 Å². The fraction of sp³-hybridized carbons (Fsp3) is 0.421. The summed E-state index contributed by atoms with van der Waals surface area (Å²) in [5, 5.41) is 2.14. The third kappa shape index (κ3) is 4.09. The summed E-state index contributed by atoms with van der Waals surface area (Å²) in [6.45, 7) is 0. The summed E-state index contributed by atoms with van der Waals surface area (Å²) in [7, 11) is 0. The zero-order chi connectivity index (χ0) is 18.0. The Balaban J connectivity index is 1.76. The first kappa shape index (κ1) is 18.1. The highest BCUT2D eigenvalue weighted by Gasteiger charge is 2.41. The van der Waals surface area contributed by atoms with Gasteiger partial charge >= 0.3 is 6.18 Å². The summed E-state index contributed by atoms with van der Waals surface area (Å²) in [6, 6.07) is 9.21. The maximum atomic E-state index is 12.7. The molecule has 1 aliphatic rings. The van der Waals surface area contributed by atoms with Crippen LogP contribution in [0.15, 0.2) is 30.3 Å². The molecular weight excluding hydrogens is 353 g/mol. The molecule has 0 amide bonds. The summed E-state index contributed by atoms with van der Waals surface area (Å²) in [5.74, 6) is -0.752. The summed E-state index contributed by atoms with van der Waals surface area (Å²) >= 11 is 6.44. The van der Waals surface area contributed by atoms with E-state index in [9.17, 15) is 18.0 Å². The molecule has 6 heteroatoms. The number of carbonyl (C=O) groups is 1. The number of fused-ring (bicyclic) bond motifs is 1. The van der Waals surface area contributed by atoms with Crippen molar-refractivity contribution in [1.82, 2.24) is 0 Å². The molecule has 2 aromatic rings. The average molecular weight is 371 g/mol. The topological polar surface area (TPSA) is 26.3 Å². The Kier molecular flexibility index (Phi) is 5.23. The van der Waals surface area contributed by atoms with Crippen LogP contribution >= 0.6 is 11.6 Å². The van der Waals surface area contributed by atoms with Gasteiger partial charge < -0.3 is 9.53 Å². The molecule has 0 spiro atoms. The molecule has 0 saturated heterocycles. The van der Waals surface area contributed by atoms with Gasteiger partial charge in [-0.1, -0.05) is 29.8 Å². The van der Waals surface area contributed by atoms with E-state index in [0.717, 1.165) is 22.6 Å². The lowest BCUT2D eigenvalue weighted by molar-refractivity contribution is -0.185. The van der Waals surface area contributed by atoms with Gasteiger partial charge in [-0.15, -0.1) is 0 Å². The first-order valence-corrected chi connectivity index (χ1v) is 8.64. The third-order valence-electron chi connectivity index (χ3n) is 4.73. The van der Waals surface area contributed by atoms with E-state index in [1.807, 2.05) is 24.3 Å². The van der Waals surface area contributed by atoms with E-state index < -0.39 is 12.1 Å². The maximum absolute atomic E-state index is 12.7. The standard InChI is InChI=1S/C19H18ClF3O2/c20-18-16-11-12(9-10-24)1-2-13(16)3-8-17(18)25-15-6-4-14(5-7-15)19(21,22)23/h1-3,8,10-11,14-15H,4-7,9H2. The fourth-order valence-corrected chi connectivity index (χ4v) is 3.58. The Labute approximate surface area is 148 Å². The predicted octanol–water partition coefficient (Wildman–Crippen LogP) is 5.73. The number of hydrogen-bond acceptors (Lipinski definition) is 2. The van der Waals surface area contributed by atoms with Crippen LogP contribution in [0, 0.1) is 5.92 Å². The van der Waals surface area contributed by atoms with Gasteiger partial charge in [-0.05, 0) is 48.8 Å². The molecule has 0 N–H and O–H groups in total. The monoisotopic (exact) mass is 370 g/mol. The van der Waals surface area contributed by atoms with Gasteiger partial charge in [0.2, 0.25) is 0 Å². The van der Waals surface area contributed by atoms with Crippen molar-refractivity contribution < 1.29 is 22.7 Å². The Hall–Kier alpha value is -1.75. The average Bonchev–Trinajstić information content (AvgIpc) is 2.58. The van der Waals surface area contributed by atoms with E-state index in [1.54, 1.807) is 6.07 Å². The second-order valence-electron chi connectivity index (χ2n) is 6.44. The Morgan fingerprint density at radius 1 is 1.12 bits per heavy atom. The lowest BCUT2D eigenvalue weighted by Gasteiger charge is -2.30. The molecule has 0 aromatic heterocycles. The van der Waals surface area contributed by atoms with Crippen molar-refractivity contribution in [2.45, 2.75) is 44.4 Å². The molecule has 2 nitrogen and oxygen atoms in total. The number of ether oxygens (including phenoxy) is 1. The number of aldehydes is 1. The summed E-state index contributed by atoms with van der Waals surface area (Å²) in [5.41, 5.74) is 0.854. The first-order valence-electron chi connectivity index (χ1n) is 8.26. The molecule has 1 fully saturated rings. The van der Waals surface area contributed by atoms with Gasteiger partial charge in [0.25, 0.3) is 0 Å². The molecule has 1 aliphatic carbocycles. The molecule has 0 radical (unpaired) electrons. The number of alkyl halides is 3. The molecule has 134 valence electrons. The third-order valence-corrected chi connectivity index (χ3v) is 5.12. The molecule has 3 rings (SSSR count). The predicted molar refractivity (Wildman–Crippen MR) is 91.2 cm³/mol.